The number of hydrogen-bond acceptors (Lipinski definition) is 4. The number of carbonyl (C=O) groups excluding carboxylic acids is 1. The number of nitrogens with zero attached hydrogens (tertiary/aromatic N) is 2. The van der Waals surface area contributed by atoms with Crippen molar-refractivity contribution in [1.82, 2.24) is 10.2 Å². The molecule has 1 N–H and O–H groups in total. The number of anilines is 1. The maximum absolute atomic E-state index is 13.6. The molecule has 2 atom stereocenters. The molecule has 1 heterocycles. The van der Waals surface area contributed by atoms with Gasteiger partial charge in [-0.2, -0.15) is 26.3 Å². The highest BCUT2D eigenvalue weighted by molar-refractivity contribution is 5.79. The summed E-state index contributed by atoms with van der Waals surface area (Å²) in [5.41, 5.74) is -2.08. The molecule has 11 heteroatoms. The number of benzene rings is 3. The number of ether oxygens (including phenoxy) is 1. The molecule has 2 aliphatic rings. The van der Waals surface area contributed by atoms with E-state index in [0.717, 1.165) is 37.2 Å². The van der Waals surface area contributed by atoms with E-state index < -0.39 is 41.7 Å². The Balaban J connectivity index is 1.33. The fraction of sp³-hybridized carbons (Fsp3) is 0.424. The number of piperazine rings is 1. The van der Waals surface area contributed by atoms with Crippen LogP contribution in [0.3, 0.4) is 0 Å². The lowest BCUT2D eigenvalue weighted by Gasteiger charge is -2.45. The molecule has 1 amide bonds. The summed E-state index contributed by atoms with van der Waals surface area (Å²) in [6, 6.07) is 20.8. The van der Waals surface area contributed by atoms with E-state index in [0.29, 0.717) is 38.1 Å². The minimum Gasteiger partial charge on any atom is -0.371 e. The molecular formula is C33H35F6N3O2. The smallest absolute Gasteiger partial charge is 0.371 e. The van der Waals surface area contributed by atoms with Crippen LogP contribution in [0.1, 0.15) is 47.9 Å². The summed E-state index contributed by atoms with van der Waals surface area (Å²) >= 11 is 0. The fourth-order valence-corrected chi connectivity index (χ4v) is 6.24. The van der Waals surface area contributed by atoms with Crippen LogP contribution in [0.2, 0.25) is 0 Å². The Kier molecular flexibility index (Phi) is 9.55. The van der Waals surface area contributed by atoms with E-state index in [2.05, 4.69) is 27.2 Å². The molecular weight excluding hydrogens is 584 g/mol. The fourth-order valence-electron chi connectivity index (χ4n) is 6.24. The molecule has 236 valence electrons. The van der Waals surface area contributed by atoms with Gasteiger partial charge in [-0.25, -0.2) is 0 Å². The maximum Gasteiger partial charge on any atom is 0.416 e. The molecule has 0 spiro atoms. The minimum atomic E-state index is -4.95. The summed E-state index contributed by atoms with van der Waals surface area (Å²) in [6.45, 7) is 2.61. The van der Waals surface area contributed by atoms with E-state index in [-0.39, 0.29) is 24.1 Å². The Morgan fingerprint density at radius 2 is 1.41 bits per heavy atom. The minimum absolute atomic E-state index is 0.109. The van der Waals surface area contributed by atoms with Crippen molar-refractivity contribution >= 4 is 11.6 Å². The first-order valence-corrected chi connectivity index (χ1v) is 14.7. The van der Waals surface area contributed by atoms with Gasteiger partial charge < -0.3 is 15.0 Å². The molecule has 44 heavy (non-hydrogen) atoms. The van der Waals surface area contributed by atoms with E-state index >= 15 is 0 Å². The number of rotatable bonds is 8. The summed E-state index contributed by atoms with van der Waals surface area (Å²) in [6.07, 6.45) is -8.05. The number of halogens is 6. The van der Waals surface area contributed by atoms with Crippen molar-refractivity contribution in [1.29, 1.82) is 0 Å². The topological polar surface area (TPSA) is 44.8 Å². The molecule has 1 saturated carbocycles. The summed E-state index contributed by atoms with van der Waals surface area (Å²) < 4.78 is 86.9. The molecule has 0 aromatic heterocycles. The SMILES string of the molecule is O=C(CN1CCN(c2ccccc2)CC1)NC1(c2ccccc2)CCCCC1OCc1cc(C(F)(F)F)cc(C(F)(F)F)c1. The van der Waals surface area contributed by atoms with Crippen LogP contribution in [0.15, 0.2) is 78.9 Å². The third-order valence-corrected chi connectivity index (χ3v) is 8.45. The largest absolute Gasteiger partial charge is 0.416 e. The zero-order chi connectivity index (χ0) is 31.4. The highest BCUT2D eigenvalue weighted by Gasteiger charge is 2.45. The Bertz CT molecular complexity index is 1360. The molecule has 5 rings (SSSR count). The quantitative estimate of drug-likeness (QED) is 0.276. The Hall–Kier alpha value is -3.57. The molecule has 3 aromatic carbocycles. The number of para-hydroxylation sites is 1. The molecule has 2 fully saturated rings. The van der Waals surface area contributed by atoms with Gasteiger partial charge in [0, 0.05) is 31.9 Å². The maximum atomic E-state index is 13.6. The number of amides is 1. The second-order valence-corrected chi connectivity index (χ2v) is 11.4. The third kappa shape index (κ3) is 7.55. The van der Waals surface area contributed by atoms with Gasteiger partial charge in [0.05, 0.1) is 35.9 Å². The predicted molar refractivity (Wildman–Crippen MR) is 155 cm³/mol. The van der Waals surface area contributed by atoms with Crippen LogP contribution in [0.25, 0.3) is 0 Å². The van der Waals surface area contributed by atoms with E-state index in [4.69, 9.17) is 4.74 Å². The van der Waals surface area contributed by atoms with Crippen LogP contribution in [0.4, 0.5) is 32.0 Å². The van der Waals surface area contributed by atoms with Crippen LogP contribution in [-0.2, 0) is 34.0 Å². The highest BCUT2D eigenvalue weighted by atomic mass is 19.4. The summed E-state index contributed by atoms with van der Waals surface area (Å²) in [7, 11) is 0. The molecule has 5 nitrogen and oxygen atoms in total. The van der Waals surface area contributed by atoms with Crippen molar-refractivity contribution in [2.75, 3.05) is 37.6 Å². The monoisotopic (exact) mass is 619 g/mol. The molecule has 0 radical (unpaired) electrons. The van der Waals surface area contributed by atoms with Crippen molar-refractivity contribution in [3.8, 4) is 0 Å². The molecule has 3 aromatic rings. The van der Waals surface area contributed by atoms with Gasteiger partial charge in [-0.05, 0) is 54.3 Å². The van der Waals surface area contributed by atoms with Crippen LogP contribution in [0.5, 0.6) is 0 Å². The third-order valence-electron chi connectivity index (χ3n) is 8.45. The van der Waals surface area contributed by atoms with Crippen LogP contribution < -0.4 is 10.2 Å². The average molecular weight is 620 g/mol. The van der Waals surface area contributed by atoms with Crippen molar-refractivity contribution < 1.29 is 35.9 Å². The molecule has 0 bridgehead atoms. The lowest BCUT2D eigenvalue weighted by Crippen LogP contribution is -2.59. The molecule has 1 aliphatic carbocycles. The molecule has 1 aliphatic heterocycles. The van der Waals surface area contributed by atoms with Crippen LogP contribution in [-0.4, -0.2) is 49.6 Å². The van der Waals surface area contributed by atoms with Crippen molar-refractivity contribution in [3.63, 3.8) is 0 Å². The number of alkyl halides is 6. The van der Waals surface area contributed by atoms with Crippen molar-refractivity contribution in [3.05, 3.63) is 101 Å². The first-order valence-electron chi connectivity index (χ1n) is 14.7. The van der Waals surface area contributed by atoms with Gasteiger partial charge in [0.1, 0.15) is 0 Å². The van der Waals surface area contributed by atoms with E-state index in [1.807, 2.05) is 48.5 Å². The van der Waals surface area contributed by atoms with Gasteiger partial charge in [-0.15, -0.1) is 0 Å². The Morgan fingerprint density at radius 3 is 2.00 bits per heavy atom. The zero-order valence-electron chi connectivity index (χ0n) is 24.1. The zero-order valence-corrected chi connectivity index (χ0v) is 24.1. The van der Waals surface area contributed by atoms with Crippen molar-refractivity contribution in [2.24, 2.45) is 0 Å². The van der Waals surface area contributed by atoms with Gasteiger partial charge in [0.25, 0.3) is 0 Å². The molecule has 1 saturated heterocycles. The normalized spacial score (nSPS) is 21.7. The first kappa shape index (κ1) is 31.8. The van der Waals surface area contributed by atoms with Crippen LogP contribution >= 0.6 is 0 Å². The average Bonchev–Trinajstić information content (AvgIpc) is 3.01. The first-order chi connectivity index (χ1) is 20.9. The summed E-state index contributed by atoms with van der Waals surface area (Å²) in [4.78, 5) is 17.9. The second-order valence-electron chi connectivity index (χ2n) is 11.4. The second kappa shape index (κ2) is 13.2. The lowest BCUT2D eigenvalue weighted by atomic mass is 9.74. The Morgan fingerprint density at radius 1 is 0.818 bits per heavy atom. The van der Waals surface area contributed by atoms with E-state index in [1.54, 1.807) is 0 Å². The number of nitrogens with one attached hydrogen (secondary N) is 1. The lowest BCUT2D eigenvalue weighted by molar-refractivity contribution is -0.143. The standard InChI is InChI=1S/C33H35F6N3O2/c34-32(35,36)26-19-24(20-27(21-26)33(37,38)39)23-44-29-13-7-8-14-31(29,25-9-3-1-4-10-25)40-30(43)22-41-15-17-42(18-16-41)28-11-5-2-6-12-28/h1-6,9-12,19-21,29H,7-8,13-18,22-23H2,(H,40,43). The predicted octanol–water partition coefficient (Wildman–Crippen LogP) is 7.02. The van der Waals surface area contributed by atoms with Gasteiger partial charge in [0.2, 0.25) is 5.91 Å². The summed E-state index contributed by atoms with van der Waals surface area (Å²) in [5, 5.41) is 3.22. The number of carbonyl (C=O) groups is 1. The van der Waals surface area contributed by atoms with Crippen molar-refractivity contribution in [2.45, 2.75) is 56.3 Å². The number of hydrogen-bond donors (Lipinski definition) is 1. The van der Waals surface area contributed by atoms with Gasteiger partial charge >= 0.3 is 12.4 Å². The van der Waals surface area contributed by atoms with Gasteiger partial charge in [-0.1, -0.05) is 61.4 Å². The van der Waals surface area contributed by atoms with E-state index in [1.165, 1.54) is 0 Å². The summed E-state index contributed by atoms with van der Waals surface area (Å²) in [5.74, 6) is -0.212. The van der Waals surface area contributed by atoms with E-state index in [9.17, 15) is 31.1 Å². The highest BCUT2D eigenvalue weighted by Crippen LogP contribution is 2.41. The van der Waals surface area contributed by atoms with Gasteiger partial charge in [0.15, 0.2) is 0 Å². The molecule has 2 unspecified atom stereocenters. The Labute approximate surface area is 252 Å². The van der Waals surface area contributed by atoms with Gasteiger partial charge in [-0.3, -0.25) is 9.69 Å². The van der Waals surface area contributed by atoms with Crippen LogP contribution in [0, 0.1) is 0 Å².